The molecule has 5 nitrogen and oxygen atoms in total. The zero-order chi connectivity index (χ0) is 17.8. The molecule has 0 unspecified atom stereocenters. The Morgan fingerprint density at radius 1 is 0.920 bits per heavy atom. The summed E-state index contributed by atoms with van der Waals surface area (Å²) in [5.74, 6) is -1.03. The van der Waals surface area contributed by atoms with Gasteiger partial charge < -0.3 is 5.11 Å². The van der Waals surface area contributed by atoms with Gasteiger partial charge in [0.2, 0.25) is 0 Å². The summed E-state index contributed by atoms with van der Waals surface area (Å²) in [7, 11) is 0. The predicted molar refractivity (Wildman–Crippen MR) is 97.7 cm³/mol. The van der Waals surface area contributed by atoms with Crippen molar-refractivity contribution in [3.63, 3.8) is 0 Å². The number of aliphatic carboxylic acids is 1. The van der Waals surface area contributed by atoms with Gasteiger partial charge >= 0.3 is 11.7 Å². The van der Waals surface area contributed by atoms with Gasteiger partial charge in [0, 0.05) is 6.54 Å². The first-order chi connectivity index (χ1) is 12.1. The fourth-order valence-electron chi connectivity index (χ4n) is 2.98. The maximum atomic E-state index is 12.7. The molecule has 0 spiro atoms. The van der Waals surface area contributed by atoms with Crippen molar-refractivity contribution in [3.05, 3.63) is 82.8 Å². The molecule has 0 aliphatic heterocycles. The summed E-state index contributed by atoms with van der Waals surface area (Å²) >= 11 is 0. The minimum absolute atomic E-state index is 0.315. The lowest BCUT2D eigenvalue weighted by molar-refractivity contribution is -0.137. The van der Waals surface area contributed by atoms with E-state index >= 15 is 0 Å². The summed E-state index contributed by atoms with van der Waals surface area (Å²) in [6.07, 6.45) is 1.64. The average molecular weight is 336 g/mol. The minimum atomic E-state index is -1.03. The molecule has 3 aromatic rings. The van der Waals surface area contributed by atoms with Crippen LogP contribution in [-0.4, -0.2) is 20.2 Å². The summed E-state index contributed by atoms with van der Waals surface area (Å²) in [5, 5.41) is 9.07. The molecule has 3 rings (SSSR count). The van der Waals surface area contributed by atoms with E-state index in [1.165, 1.54) is 10.1 Å². The van der Waals surface area contributed by atoms with Gasteiger partial charge in [-0.05, 0) is 30.5 Å². The summed E-state index contributed by atoms with van der Waals surface area (Å²) in [5.41, 5.74) is 3.21. The van der Waals surface area contributed by atoms with Crippen molar-refractivity contribution in [1.29, 1.82) is 0 Å². The van der Waals surface area contributed by atoms with Crippen molar-refractivity contribution in [2.75, 3.05) is 0 Å². The molecule has 2 aromatic carbocycles. The molecule has 0 bridgehead atoms. The molecule has 0 atom stereocenters. The van der Waals surface area contributed by atoms with Crippen molar-refractivity contribution in [1.82, 2.24) is 9.13 Å². The van der Waals surface area contributed by atoms with E-state index in [4.69, 9.17) is 5.11 Å². The Morgan fingerprint density at radius 3 is 2.08 bits per heavy atom. The number of para-hydroxylation sites is 2. The maximum Gasteiger partial charge on any atom is 0.329 e. The van der Waals surface area contributed by atoms with Gasteiger partial charge in [-0.1, -0.05) is 54.6 Å². The molecule has 0 aliphatic carbocycles. The highest BCUT2D eigenvalue weighted by Gasteiger charge is 2.15. The van der Waals surface area contributed by atoms with Gasteiger partial charge in [-0.15, -0.1) is 0 Å². The van der Waals surface area contributed by atoms with Crippen molar-refractivity contribution in [2.24, 2.45) is 0 Å². The number of carboxylic acids is 1. The average Bonchev–Trinajstić information content (AvgIpc) is 2.86. The van der Waals surface area contributed by atoms with E-state index in [2.05, 4.69) is 18.7 Å². The fourth-order valence-corrected chi connectivity index (χ4v) is 2.98. The summed E-state index contributed by atoms with van der Waals surface area (Å²) in [4.78, 5) is 23.7. The zero-order valence-corrected chi connectivity index (χ0v) is 13.9. The van der Waals surface area contributed by atoms with Crippen molar-refractivity contribution >= 4 is 17.0 Å². The molecular formula is C20H20N2O3. The second-order valence-electron chi connectivity index (χ2n) is 6.07. The van der Waals surface area contributed by atoms with Crippen LogP contribution in [0.15, 0.2) is 71.5 Å². The SMILES string of the molecule is C=C(CCc1ccccc1)Cn1c(=O)n(CC(=O)O)c2ccccc21. The van der Waals surface area contributed by atoms with Crippen molar-refractivity contribution < 1.29 is 9.90 Å². The number of nitrogens with zero attached hydrogens (tertiary/aromatic N) is 2. The predicted octanol–water partition coefficient (Wildman–Crippen LogP) is 3.08. The molecule has 0 saturated heterocycles. The fraction of sp³-hybridized carbons (Fsp3) is 0.200. The number of benzene rings is 2. The normalized spacial score (nSPS) is 10.9. The maximum absolute atomic E-state index is 12.7. The molecule has 0 fully saturated rings. The molecule has 5 heteroatoms. The smallest absolute Gasteiger partial charge is 0.329 e. The topological polar surface area (TPSA) is 64.2 Å². The van der Waals surface area contributed by atoms with Crippen LogP contribution in [0.5, 0.6) is 0 Å². The van der Waals surface area contributed by atoms with E-state index < -0.39 is 5.97 Å². The van der Waals surface area contributed by atoms with Crippen molar-refractivity contribution in [3.8, 4) is 0 Å². The Balaban J connectivity index is 1.83. The molecule has 0 amide bonds. The number of rotatable bonds is 7. The Bertz CT molecular complexity index is 968. The van der Waals surface area contributed by atoms with Crippen LogP contribution in [0.3, 0.4) is 0 Å². The molecule has 128 valence electrons. The van der Waals surface area contributed by atoms with Crippen LogP contribution >= 0.6 is 0 Å². The van der Waals surface area contributed by atoms with Crippen LogP contribution in [0.2, 0.25) is 0 Å². The second-order valence-corrected chi connectivity index (χ2v) is 6.07. The van der Waals surface area contributed by atoms with Gasteiger partial charge in [0.1, 0.15) is 6.54 Å². The van der Waals surface area contributed by atoms with Gasteiger partial charge in [-0.2, -0.15) is 0 Å². The Morgan fingerprint density at radius 2 is 1.48 bits per heavy atom. The molecule has 0 aliphatic rings. The number of imidazole rings is 1. The lowest BCUT2D eigenvalue weighted by Gasteiger charge is -2.07. The van der Waals surface area contributed by atoms with Gasteiger partial charge in [-0.25, -0.2) is 4.79 Å². The quantitative estimate of drug-likeness (QED) is 0.674. The zero-order valence-electron chi connectivity index (χ0n) is 13.9. The van der Waals surface area contributed by atoms with E-state index in [0.717, 1.165) is 23.9 Å². The Labute approximate surface area is 145 Å². The number of allylic oxidation sites excluding steroid dienone is 1. The third-order valence-electron chi connectivity index (χ3n) is 4.21. The largest absolute Gasteiger partial charge is 0.480 e. The number of aryl methyl sites for hydroxylation is 1. The van der Waals surface area contributed by atoms with E-state index in [1.807, 2.05) is 30.3 Å². The van der Waals surface area contributed by atoms with E-state index in [9.17, 15) is 9.59 Å². The lowest BCUT2D eigenvalue weighted by Crippen LogP contribution is -2.27. The summed E-state index contributed by atoms with van der Waals surface area (Å²) in [6, 6.07) is 17.4. The van der Waals surface area contributed by atoms with Gasteiger partial charge in [0.15, 0.2) is 0 Å². The monoisotopic (exact) mass is 336 g/mol. The van der Waals surface area contributed by atoms with Gasteiger partial charge in [0.05, 0.1) is 11.0 Å². The third kappa shape index (κ3) is 3.71. The van der Waals surface area contributed by atoms with Crippen LogP contribution < -0.4 is 5.69 Å². The molecule has 1 heterocycles. The second kappa shape index (κ2) is 7.21. The number of aromatic nitrogens is 2. The number of carbonyl (C=O) groups is 1. The van der Waals surface area contributed by atoms with Crippen molar-refractivity contribution in [2.45, 2.75) is 25.9 Å². The molecular weight excluding hydrogens is 316 g/mol. The summed E-state index contributed by atoms with van der Waals surface area (Å²) < 4.78 is 2.90. The molecule has 0 saturated carbocycles. The molecule has 25 heavy (non-hydrogen) atoms. The van der Waals surface area contributed by atoms with Crippen LogP contribution in [-0.2, 0) is 24.3 Å². The van der Waals surface area contributed by atoms with E-state index in [1.54, 1.807) is 16.7 Å². The van der Waals surface area contributed by atoms with Gasteiger partial charge in [0.25, 0.3) is 0 Å². The Hall–Kier alpha value is -3.08. The number of carboxylic acid groups (broad SMARTS) is 1. The highest BCUT2D eigenvalue weighted by molar-refractivity contribution is 5.78. The van der Waals surface area contributed by atoms with E-state index in [0.29, 0.717) is 12.1 Å². The van der Waals surface area contributed by atoms with Gasteiger partial charge in [-0.3, -0.25) is 13.9 Å². The highest BCUT2D eigenvalue weighted by Crippen LogP contribution is 2.16. The minimum Gasteiger partial charge on any atom is -0.480 e. The first-order valence-electron chi connectivity index (χ1n) is 8.16. The standard InChI is InChI=1S/C20H20N2O3/c1-15(11-12-16-7-3-2-4-8-16)13-21-17-9-5-6-10-18(17)22(20(21)25)14-19(23)24/h2-10H,1,11-14H2,(H,23,24). The van der Waals surface area contributed by atoms with Crippen LogP contribution in [0, 0.1) is 0 Å². The third-order valence-corrected chi connectivity index (χ3v) is 4.21. The molecule has 1 N–H and O–H groups in total. The highest BCUT2D eigenvalue weighted by atomic mass is 16.4. The van der Waals surface area contributed by atoms with Crippen LogP contribution in [0.25, 0.3) is 11.0 Å². The van der Waals surface area contributed by atoms with E-state index in [-0.39, 0.29) is 12.2 Å². The summed E-state index contributed by atoms with van der Waals surface area (Å²) in [6.45, 7) is 4.14. The molecule has 1 aromatic heterocycles. The number of fused-ring (bicyclic) bond motifs is 1. The Kier molecular flexibility index (Phi) is 4.84. The first-order valence-corrected chi connectivity index (χ1v) is 8.16. The number of hydrogen-bond donors (Lipinski definition) is 1. The first kappa shape index (κ1) is 16.8. The lowest BCUT2D eigenvalue weighted by atomic mass is 10.1. The molecule has 0 radical (unpaired) electrons. The number of hydrogen-bond acceptors (Lipinski definition) is 2. The van der Waals surface area contributed by atoms with Crippen LogP contribution in [0.4, 0.5) is 0 Å². The van der Waals surface area contributed by atoms with Crippen LogP contribution in [0.1, 0.15) is 12.0 Å².